The number of carbonyl (C=O) groups excluding carboxylic acids is 1. The van der Waals surface area contributed by atoms with E-state index in [1.54, 1.807) is 17.4 Å². The van der Waals surface area contributed by atoms with E-state index in [1.807, 2.05) is 54.6 Å². The lowest BCUT2D eigenvalue weighted by molar-refractivity contribution is 0.0951. The van der Waals surface area contributed by atoms with E-state index in [-0.39, 0.29) is 5.56 Å². The Labute approximate surface area is 210 Å². The van der Waals surface area contributed by atoms with Crippen molar-refractivity contribution in [3.63, 3.8) is 0 Å². The number of benzene rings is 2. The van der Waals surface area contributed by atoms with Crippen molar-refractivity contribution in [3.8, 4) is 10.7 Å². The van der Waals surface area contributed by atoms with Crippen molar-refractivity contribution < 1.29 is 9.21 Å². The molecule has 0 saturated heterocycles. The monoisotopic (exact) mass is 497 g/mol. The van der Waals surface area contributed by atoms with Gasteiger partial charge in [-0.15, -0.1) is 11.3 Å². The average molecular weight is 498 g/mol. The molecule has 0 bridgehead atoms. The molecule has 0 unspecified atom stereocenters. The summed E-state index contributed by atoms with van der Waals surface area (Å²) in [6, 6.07) is 20.5. The van der Waals surface area contributed by atoms with Crippen molar-refractivity contribution in [1.29, 1.82) is 0 Å². The van der Waals surface area contributed by atoms with E-state index in [9.17, 15) is 9.59 Å². The number of hydrazone groups is 1. The lowest BCUT2D eigenvalue weighted by atomic mass is 10.1. The summed E-state index contributed by atoms with van der Waals surface area (Å²) in [5.41, 5.74) is 5.12. The Morgan fingerprint density at radius 2 is 1.89 bits per heavy atom. The van der Waals surface area contributed by atoms with Crippen molar-refractivity contribution in [2.45, 2.75) is 13.8 Å². The van der Waals surface area contributed by atoms with Crippen LogP contribution in [0.3, 0.4) is 0 Å². The second-order valence-corrected chi connectivity index (χ2v) is 9.01. The largest absolute Gasteiger partial charge is 0.422 e. The third kappa shape index (κ3) is 4.73. The summed E-state index contributed by atoms with van der Waals surface area (Å²) in [5.74, 6) is -0.656. The molecule has 0 aliphatic heterocycles. The van der Waals surface area contributed by atoms with Crippen LogP contribution in [0.2, 0.25) is 0 Å². The van der Waals surface area contributed by atoms with E-state index in [0.29, 0.717) is 22.4 Å². The molecule has 0 radical (unpaired) electrons. The maximum atomic E-state index is 12.6. The molecule has 2 aromatic carbocycles. The van der Waals surface area contributed by atoms with Gasteiger partial charge in [-0.2, -0.15) is 5.10 Å². The molecule has 3 aromatic heterocycles. The number of amides is 1. The number of carbonyl (C=O) groups is 1. The van der Waals surface area contributed by atoms with Gasteiger partial charge in [0.05, 0.1) is 27.8 Å². The zero-order valence-electron chi connectivity index (χ0n) is 19.8. The minimum atomic E-state index is -0.720. The van der Waals surface area contributed by atoms with Crippen LogP contribution >= 0.6 is 11.3 Å². The van der Waals surface area contributed by atoms with Crippen molar-refractivity contribution in [2.75, 3.05) is 18.0 Å². The second-order valence-electron chi connectivity index (χ2n) is 7.98. The molecule has 5 aromatic rings. The zero-order chi connectivity index (χ0) is 25.1. The first-order chi connectivity index (χ1) is 17.6. The van der Waals surface area contributed by atoms with E-state index >= 15 is 0 Å². The highest BCUT2D eigenvalue weighted by Gasteiger charge is 2.14. The zero-order valence-corrected chi connectivity index (χ0v) is 20.6. The highest BCUT2D eigenvalue weighted by Crippen LogP contribution is 2.28. The number of nitrogens with zero attached hydrogens (tertiary/aromatic N) is 4. The van der Waals surface area contributed by atoms with Crippen LogP contribution in [0.1, 0.15) is 29.9 Å². The Hall–Kier alpha value is -4.37. The van der Waals surface area contributed by atoms with E-state index in [2.05, 4.69) is 39.2 Å². The van der Waals surface area contributed by atoms with Crippen molar-refractivity contribution >= 4 is 50.3 Å². The molecular formula is C27H23N5O3S. The number of rotatable bonds is 7. The van der Waals surface area contributed by atoms with Crippen molar-refractivity contribution in [3.05, 3.63) is 88.4 Å². The summed E-state index contributed by atoms with van der Waals surface area (Å²) in [6.07, 6.45) is 1.42. The predicted molar refractivity (Wildman–Crippen MR) is 144 cm³/mol. The van der Waals surface area contributed by atoms with Crippen LogP contribution in [-0.2, 0) is 0 Å². The molecule has 0 spiro atoms. The molecule has 180 valence electrons. The number of pyridine rings is 1. The number of nitrogens with one attached hydrogen (secondary N) is 1. The molecule has 3 heterocycles. The molecule has 0 fully saturated rings. The number of anilines is 1. The first-order valence-electron chi connectivity index (χ1n) is 11.5. The van der Waals surface area contributed by atoms with Gasteiger partial charge in [0.2, 0.25) is 0 Å². The fraction of sp³-hybridized carbons (Fsp3) is 0.148. The Kier molecular flexibility index (Phi) is 6.55. The smallest absolute Gasteiger partial charge is 0.349 e. The fourth-order valence-corrected chi connectivity index (χ4v) is 4.82. The Balaban J connectivity index is 1.33. The first kappa shape index (κ1) is 23.4. The molecule has 0 aliphatic rings. The quantitative estimate of drug-likeness (QED) is 0.191. The summed E-state index contributed by atoms with van der Waals surface area (Å²) in [6.45, 7) is 5.79. The van der Waals surface area contributed by atoms with Crippen molar-refractivity contribution in [1.82, 2.24) is 15.4 Å². The van der Waals surface area contributed by atoms with Gasteiger partial charge >= 0.3 is 5.63 Å². The lowest BCUT2D eigenvalue weighted by Crippen LogP contribution is -2.24. The number of thiazole rings is 1. The molecule has 8 nitrogen and oxygen atoms in total. The van der Waals surface area contributed by atoms with E-state index in [1.165, 1.54) is 12.3 Å². The highest BCUT2D eigenvalue weighted by molar-refractivity contribution is 7.21. The molecule has 1 amide bonds. The molecule has 1 N–H and O–H groups in total. The van der Waals surface area contributed by atoms with Gasteiger partial charge in [-0.25, -0.2) is 20.2 Å². The summed E-state index contributed by atoms with van der Waals surface area (Å²) in [5, 5.41) is 5.44. The fourth-order valence-electron chi connectivity index (χ4n) is 3.89. The topological polar surface area (TPSA) is 101 Å². The van der Waals surface area contributed by atoms with Gasteiger partial charge in [-0.3, -0.25) is 4.79 Å². The van der Waals surface area contributed by atoms with Crippen LogP contribution in [0, 0.1) is 0 Å². The number of fused-ring (bicyclic) bond motifs is 2. The second kappa shape index (κ2) is 10.1. The third-order valence-corrected chi connectivity index (χ3v) is 6.80. The van der Waals surface area contributed by atoms with E-state index in [4.69, 9.17) is 4.42 Å². The van der Waals surface area contributed by atoms with E-state index in [0.717, 1.165) is 34.0 Å². The minimum Gasteiger partial charge on any atom is -0.422 e. The van der Waals surface area contributed by atoms with Crippen LogP contribution in [0.25, 0.3) is 31.9 Å². The van der Waals surface area contributed by atoms with Gasteiger partial charge in [0.15, 0.2) is 0 Å². The van der Waals surface area contributed by atoms with Crippen LogP contribution in [0.5, 0.6) is 0 Å². The van der Waals surface area contributed by atoms with E-state index < -0.39 is 11.5 Å². The lowest BCUT2D eigenvalue weighted by Gasteiger charge is -2.20. The molecule has 36 heavy (non-hydrogen) atoms. The van der Waals surface area contributed by atoms with Gasteiger partial charge in [0.1, 0.15) is 16.2 Å². The Morgan fingerprint density at radius 1 is 1.06 bits per heavy atom. The maximum absolute atomic E-state index is 12.6. The molecule has 5 rings (SSSR count). The summed E-state index contributed by atoms with van der Waals surface area (Å²) in [4.78, 5) is 36.5. The van der Waals surface area contributed by atoms with Crippen molar-refractivity contribution in [2.24, 2.45) is 5.10 Å². The number of aromatic nitrogens is 2. The van der Waals surface area contributed by atoms with Crippen LogP contribution < -0.4 is 16.0 Å². The summed E-state index contributed by atoms with van der Waals surface area (Å²) in [7, 11) is 0. The van der Waals surface area contributed by atoms with Gasteiger partial charge < -0.3 is 9.32 Å². The van der Waals surface area contributed by atoms with Gasteiger partial charge in [0, 0.05) is 30.2 Å². The predicted octanol–water partition coefficient (Wildman–Crippen LogP) is 5.07. The normalized spacial score (nSPS) is 11.4. The third-order valence-electron chi connectivity index (χ3n) is 5.74. The number of hydrogen-bond donors (Lipinski definition) is 1. The SMILES string of the molecule is CCN(CC)c1ccc2cc(C(=O)N/N=C/c3cccc(-c4nc5ccccc5s4)n3)c(=O)oc2c1. The summed E-state index contributed by atoms with van der Waals surface area (Å²) >= 11 is 1.56. The molecule has 9 heteroatoms. The standard InChI is InChI=1S/C27H23N5O3S/c1-3-32(4-2)19-13-12-17-14-20(27(34)35-23(17)15-19)25(33)31-28-16-18-8-7-10-22(29-18)26-30-21-9-5-6-11-24(21)36-26/h5-16H,3-4H2,1-2H3,(H,31,33)/b28-16+. The van der Waals surface area contributed by atoms with Gasteiger partial charge in [0.25, 0.3) is 5.91 Å². The average Bonchev–Trinajstić information content (AvgIpc) is 3.34. The Bertz CT molecular complexity index is 1620. The van der Waals surface area contributed by atoms with Gasteiger partial charge in [-0.05, 0) is 56.3 Å². The Morgan fingerprint density at radius 3 is 2.69 bits per heavy atom. The summed E-state index contributed by atoms with van der Waals surface area (Å²) < 4.78 is 6.52. The first-order valence-corrected chi connectivity index (χ1v) is 12.4. The van der Waals surface area contributed by atoms with Crippen LogP contribution in [0.4, 0.5) is 5.69 Å². The van der Waals surface area contributed by atoms with Gasteiger partial charge in [-0.1, -0.05) is 18.2 Å². The number of hydrogen-bond acceptors (Lipinski definition) is 8. The molecule has 0 saturated carbocycles. The maximum Gasteiger partial charge on any atom is 0.349 e. The number of para-hydroxylation sites is 1. The molecular weight excluding hydrogens is 474 g/mol. The van der Waals surface area contributed by atoms with Crippen LogP contribution in [0.15, 0.2) is 81.0 Å². The molecule has 0 atom stereocenters. The highest BCUT2D eigenvalue weighted by atomic mass is 32.1. The minimum absolute atomic E-state index is 0.119. The van der Waals surface area contributed by atoms with Crippen LogP contribution in [-0.4, -0.2) is 35.2 Å². The molecule has 0 aliphatic carbocycles.